The number of rotatable bonds is 4. The smallest absolute Gasteiger partial charge is 0.0205 e. The van der Waals surface area contributed by atoms with Gasteiger partial charge in [-0.3, -0.25) is 0 Å². The molecule has 0 aliphatic carbocycles. The summed E-state index contributed by atoms with van der Waals surface area (Å²) >= 11 is 0. The maximum atomic E-state index is 3.58. The maximum Gasteiger partial charge on any atom is 0.0205 e. The number of aryl methyl sites for hydroxylation is 1. The van der Waals surface area contributed by atoms with Crippen LogP contribution in [0.15, 0.2) is 36.4 Å². The molecule has 0 spiro atoms. The van der Waals surface area contributed by atoms with Crippen LogP contribution in [0.2, 0.25) is 0 Å². The molecule has 1 unspecified atom stereocenters. The van der Waals surface area contributed by atoms with Crippen LogP contribution in [0.25, 0.3) is 10.8 Å². The van der Waals surface area contributed by atoms with Gasteiger partial charge in [0.15, 0.2) is 0 Å². The van der Waals surface area contributed by atoms with Gasteiger partial charge in [0.25, 0.3) is 0 Å². The van der Waals surface area contributed by atoms with Crippen LogP contribution >= 0.6 is 0 Å². The van der Waals surface area contributed by atoms with Gasteiger partial charge in [0.2, 0.25) is 0 Å². The van der Waals surface area contributed by atoms with Gasteiger partial charge in [0.1, 0.15) is 0 Å². The van der Waals surface area contributed by atoms with Crippen molar-refractivity contribution in [3.05, 3.63) is 47.5 Å². The lowest BCUT2D eigenvalue weighted by Crippen LogP contribution is -2.23. The minimum atomic E-state index is 0.808. The average Bonchev–Trinajstić information content (AvgIpc) is 2.92. The molecule has 2 nitrogen and oxygen atoms in total. The summed E-state index contributed by atoms with van der Waals surface area (Å²) in [6.07, 6.45) is 1.31. The number of benzene rings is 2. The minimum absolute atomic E-state index is 0.808. The molecule has 1 atom stereocenters. The van der Waals surface area contributed by atoms with Gasteiger partial charge >= 0.3 is 0 Å². The molecule has 2 aromatic rings. The summed E-state index contributed by atoms with van der Waals surface area (Å²) < 4.78 is 0. The molecular weight excluding hydrogens is 232 g/mol. The maximum absolute atomic E-state index is 3.58. The van der Waals surface area contributed by atoms with Gasteiger partial charge in [-0.05, 0) is 61.3 Å². The van der Waals surface area contributed by atoms with Crippen LogP contribution in [0.5, 0.6) is 0 Å². The lowest BCUT2D eigenvalue weighted by atomic mass is 10.0. The molecule has 19 heavy (non-hydrogen) atoms. The third-order valence-electron chi connectivity index (χ3n) is 3.98. The van der Waals surface area contributed by atoms with Gasteiger partial charge in [-0.2, -0.15) is 0 Å². The molecule has 3 rings (SSSR count). The van der Waals surface area contributed by atoms with E-state index in [0.29, 0.717) is 0 Å². The topological polar surface area (TPSA) is 24.1 Å². The molecule has 1 fully saturated rings. The molecule has 2 N–H and O–H groups in total. The third kappa shape index (κ3) is 3.14. The van der Waals surface area contributed by atoms with E-state index >= 15 is 0 Å². The zero-order valence-electron chi connectivity index (χ0n) is 11.6. The number of hydrogen-bond donors (Lipinski definition) is 2. The van der Waals surface area contributed by atoms with Crippen LogP contribution in [0.4, 0.5) is 0 Å². The predicted molar refractivity (Wildman–Crippen MR) is 81.4 cm³/mol. The summed E-state index contributed by atoms with van der Waals surface area (Å²) in [5.74, 6) is 0.808. The molecule has 0 radical (unpaired) electrons. The minimum Gasteiger partial charge on any atom is -0.316 e. The normalized spacial score (nSPS) is 19.1. The van der Waals surface area contributed by atoms with Crippen molar-refractivity contribution in [2.24, 2.45) is 5.92 Å². The quantitative estimate of drug-likeness (QED) is 0.876. The predicted octanol–water partition coefficient (Wildman–Crippen LogP) is 2.85. The number of nitrogens with one attached hydrogen (secondary N) is 2. The highest BCUT2D eigenvalue weighted by Crippen LogP contribution is 2.17. The van der Waals surface area contributed by atoms with Crippen LogP contribution in [0.3, 0.4) is 0 Å². The van der Waals surface area contributed by atoms with E-state index in [4.69, 9.17) is 0 Å². The summed E-state index contributed by atoms with van der Waals surface area (Å²) in [6, 6.07) is 13.4. The van der Waals surface area contributed by atoms with Crippen molar-refractivity contribution < 1.29 is 0 Å². The van der Waals surface area contributed by atoms with Gasteiger partial charge in [-0.15, -0.1) is 0 Å². The fourth-order valence-electron chi connectivity index (χ4n) is 2.83. The van der Waals surface area contributed by atoms with E-state index in [1.807, 2.05) is 0 Å². The Morgan fingerprint density at radius 2 is 2.00 bits per heavy atom. The molecule has 0 bridgehead atoms. The molecule has 2 aromatic carbocycles. The summed E-state index contributed by atoms with van der Waals surface area (Å²) in [4.78, 5) is 0. The zero-order chi connectivity index (χ0) is 13.1. The highest BCUT2D eigenvalue weighted by atomic mass is 14.9. The molecule has 1 aliphatic heterocycles. The molecule has 0 amide bonds. The third-order valence-corrected chi connectivity index (χ3v) is 3.98. The van der Waals surface area contributed by atoms with Crippen molar-refractivity contribution >= 4 is 10.8 Å². The van der Waals surface area contributed by atoms with Gasteiger partial charge in [0, 0.05) is 6.54 Å². The van der Waals surface area contributed by atoms with Crippen LogP contribution in [0, 0.1) is 12.8 Å². The van der Waals surface area contributed by atoms with E-state index in [-0.39, 0.29) is 0 Å². The van der Waals surface area contributed by atoms with Crippen molar-refractivity contribution in [1.82, 2.24) is 10.6 Å². The molecular formula is C17H22N2. The van der Waals surface area contributed by atoms with Gasteiger partial charge in [-0.1, -0.05) is 35.9 Å². The summed E-state index contributed by atoms with van der Waals surface area (Å²) in [7, 11) is 0. The molecule has 0 aromatic heterocycles. The van der Waals surface area contributed by atoms with Gasteiger partial charge < -0.3 is 10.6 Å². The standard InChI is InChI=1S/C17H22N2/c1-13-2-4-17-9-14(3-5-16(17)8-13)10-19-12-15-6-7-18-11-15/h2-5,8-9,15,18-19H,6-7,10-12H2,1H3. The van der Waals surface area contributed by atoms with Crippen molar-refractivity contribution in [2.45, 2.75) is 19.9 Å². The molecule has 100 valence electrons. The van der Waals surface area contributed by atoms with Crippen molar-refractivity contribution in [2.75, 3.05) is 19.6 Å². The van der Waals surface area contributed by atoms with Gasteiger partial charge in [-0.25, -0.2) is 0 Å². The number of fused-ring (bicyclic) bond motifs is 1. The van der Waals surface area contributed by atoms with Crippen LogP contribution in [0.1, 0.15) is 17.5 Å². The largest absolute Gasteiger partial charge is 0.316 e. The Morgan fingerprint density at radius 1 is 1.16 bits per heavy atom. The zero-order valence-corrected chi connectivity index (χ0v) is 11.6. The Balaban J connectivity index is 1.62. The Labute approximate surface area is 115 Å². The van der Waals surface area contributed by atoms with E-state index < -0.39 is 0 Å². The van der Waals surface area contributed by atoms with E-state index in [0.717, 1.165) is 19.0 Å². The second-order valence-corrected chi connectivity index (χ2v) is 5.67. The first kappa shape index (κ1) is 12.6. The van der Waals surface area contributed by atoms with Crippen molar-refractivity contribution in [1.29, 1.82) is 0 Å². The summed E-state index contributed by atoms with van der Waals surface area (Å²) in [6.45, 7) is 6.59. The highest BCUT2D eigenvalue weighted by molar-refractivity contribution is 5.83. The SMILES string of the molecule is Cc1ccc2cc(CNCC3CCNC3)ccc2c1. The monoisotopic (exact) mass is 254 g/mol. The first-order chi connectivity index (χ1) is 9.31. The molecule has 1 saturated heterocycles. The van der Waals surface area contributed by atoms with Gasteiger partial charge in [0.05, 0.1) is 0 Å². The van der Waals surface area contributed by atoms with Crippen molar-refractivity contribution in [3.63, 3.8) is 0 Å². The fraction of sp³-hybridized carbons (Fsp3) is 0.412. The Morgan fingerprint density at radius 3 is 2.84 bits per heavy atom. The molecule has 0 saturated carbocycles. The fourth-order valence-corrected chi connectivity index (χ4v) is 2.83. The van der Waals surface area contributed by atoms with Crippen LogP contribution in [-0.4, -0.2) is 19.6 Å². The van der Waals surface area contributed by atoms with E-state index in [1.54, 1.807) is 0 Å². The van der Waals surface area contributed by atoms with Crippen LogP contribution < -0.4 is 10.6 Å². The lowest BCUT2D eigenvalue weighted by molar-refractivity contribution is 0.513. The molecule has 1 heterocycles. The van der Waals surface area contributed by atoms with E-state index in [2.05, 4.69) is 54.0 Å². The molecule has 1 aliphatic rings. The summed E-state index contributed by atoms with van der Waals surface area (Å²) in [5, 5.41) is 9.67. The number of hydrogen-bond acceptors (Lipinski definition) is 2. The average molecular weight is 254 g/mol. The Bertz CT molecular complexity index is 556. The second kappa shape index (κ2) is 5.72. The Kier molecular flexibility index (Phi) is 3.81. The van der Waals surface area contributed by atoms with Crippen LogP contribution in [-0.2, 0) is 6.54 Å². The lowest BCUT2D eigenvalue weighted by Gasteiger charge is -2.10. The highest BCUT2D eigenvalue weighted by Gasteiger charge is 2.13. The summed E-state index contributed by atoms with van der Waals surface area (Å²) in [5.41, 5.74) is 2.70. The van der Waals surface area contributed by atoms with E-state index in [1.165, 1.54) is 41.4 Å². The van der Waals surface area contributed by atoms with E-state index in [9.17, 15) is 0 Å². The first-order valence-electron chi connectivity index (χ1n) is 7.22. The molecule has 2 heteroatoms. The first-order valence-corrected chi connectivity index (χ1v) is 7.22. The van der Waals surface area contributed by atoms with Crippen molar-refractivity contribution in [3.8, 4) is 0 Å². The second-order valence-electron chi connectivity index (χ2n) is 5.67. The Hall–Kier alpha value is -1.38.